The van der Waals surface area contributed by atoms with E-state index in [0.717, 1.165) is 24.6 Å². The zero-order valence-corrected chi connectivity index (χ0v) is 18.9. The Labute approximate surface area is 195 Å². The number of carboxylic acid groups (broad SMARTS) is 1. The number of aliphatic carboxylic acids is 1. The molecule has 0 amide bonds. The third kappa shape index (κ3) is 2.96. The summed E-state index contributed by atoms with van der Waals surface area (Å²) < 4.78 is 0. The number of aromatic amines is 2. The number of nitrogens with one attached hydrogen (secondary N) is 2. The third-order valence-corrected chi connectivity index (χ3v) is 8.16. The molecule has 0 aromatic carbocycles. The number of hydrogen-bond acceptors (Lipinski definition) is 3. The number of H-pyrrole nitrogens is 2. The summed E-state index contributed by atoms with van der Waals surface area (Å²) in [5.41, 5.74) is 7.68. The predicted octanol–water partition coefficient (Wildman–Crippen LogP) is 3.83. The first kappa shape index (κ1) is 20.5. The maximum absolute atomic E-state index is 12.6. The highest BCUT2D eigenvalue weighted by Crippen LogP contribution is 2.74. The highest BCUT2D eigenvalue weighted by atomic mass is 35.5. The van der Waals surface area contributed by atoms with E-state index in [1.165, 1.54) is 0 Å². The number of rotatable bonds is 5. The van der Waals surface area contributed by atoms with E-state index >= 15 is 0 Å². The van der Waals surface area contributed by atoms with Crippen molar-refractivity contribution < 1.29 is 9.90 Å². The van der Waals surface area contributed by atoms with Gasteiger partial charge in [-0.3, -0.25) is 9.79 Å². The van der Waals surface area contributed by atoms with Crippen LogP contribution in [-0.4, -0.2) is 43.7 Å². The van der Waals surface area contributed by atoms with Crippen molar-refractivity contribution in [3.05, 3.63) is 53.1 Å². The molecule has 0 bridgehead atoms. The molecule has 3 heterocycles. The molecule has 0 saturated heterocycles. The lowest BCUT2D eigenvalue weighted by Gasteiger charge is -2.27. The van der Waals surface area contributed by atoms with Gasteiger partial charge in [0.2, 0.25) is 0 Å². The number of aromatic nitrogens is 3. The van der Waals surface area contributed by atoms with Crippen molar-refractivity contribution in [2.45, 2.75) is 32.2 Å². The van der Waals surface area contributed by atoms with Gasteiger partial charge in [0.25, 0.3) is 0 Å². The number of carbonyl (C=O) groups is 1. The second-order valence-corrected chi connectivity index (χ2v) is 9.92. The minimum Gasteiger partial charge on any atom is -0.481 e. The topological polar surface area (TPSA) is 133 Å². The number of amidine groups is 2. The summed E-state index contributed by atoms with van der Waals surface area (Å²) in [5, 5.41) is 11.6. The van der Waals surface area contributed by atoms with Gasteiger partial charge in [-0.1, -0.05) is 24.9 Å². The molecule has 3 aromatic rings. The average molecular weight is 465 g/mol. The monoisotopic (exact) mass is 464 g/mol. The molecule has 170 valence electrons. The highest BCUT2D eigenvalue weighted by Gasteiger charge is 2.79. The Kier molecular flexibility index (Phi) is 4.46. The second kappa shape index (κ2) is 7.18. The fourth-order valence-corrected chi connectivity index (χ4v) is 6.56. The van der Waals surface area contributed by atoms with Crippen molar-refractivity contribution in [1.29, 1.82) is 0 Å². The Morgan fingerprint density at radius 3 is 2.97 bits per heavy atom. The van der Waals surface area contributed by atoms with Crippen LogP contribution in [0.3, 0.4) is 0 Å². The van der Waals surface area contributed by atoms with Gasteiger partial charge in [-0.25, -0.2) is 9.98 Å². The number of pyridine rings is 1. The van der Waals surface area contributed by atoms with Crippen LogP contribution in [0.2, 0.25) is 5.02 Å². The Balaban J connectivity index is 1.42. The zero-order chi connectivity index (χ0) is 22.9. The molecule has 3 saturated carbocycles. The summed E-state index contributed by atoms with van der Waals surface area (Å²) in [7, 11) is 0. The number of aliphatic imine (C=N–C) groups is 2. The van der Waals surface area contributed by atoms with E-state index in [2.05, 4.69) is 26.9 Å². The van der Waals surface area contributed by atoms with Crippen LogP contribution in [0.5, 0.6) is 0 Å². The van der Waals surface area contributed by atoms with Crippen molar-refractivity contribution in [3.8, 4) is 0 Å². The van der Waals surface area contributed by atoms with Crippen molar-refractivity contribution >= 4 is 40.3 Å². The minimum absolute atomic E-state index is 0.0567. The average Bonchev–Trinajstić information content (AvgIpc) is 3.51. The Hall–Kier alpha value is -3.13. The number of fused-ring (bicyclic) bond motifs is 3. The molecule has 9 heteroatoms. The minimum atomic E-state index is -0.785. The lowest BCUT2D eigenvalue weighted by molar-refractivity contribution is -0.148. The fourth-order valence-electron chi connectivity index (χ4n) is 6.40. The van der Waals surface area contributed by atoms with Crippen molar-refractivity contribution in [2.75, 3.05) is 0 Å². The molecule has 6 rings (SSSR count). The Morgan fingerprint density at radius 2 is 2.24 bits per heavy atom. The molecule has 0 aliphatic heterocycles. The summed E-state index contributed by atoms with van der Waals surface area (Å²) in [4.78, 5) is 32.7. The van der Waals surface area contributed by atoms with Crippen LogP contribution in [0, 0.1) is 29.1 Å². The Bertz CT molecular complexity index is 1310. The van der Waals surface area contributed by atoms with Crippen LogP contribution in [0.25, 0.3) is 11.0 Å². The molecule has 33 heavy (non-hydrogen) atoms. The zero-order valence-electron chi connectivity index (χ0n) is 18.1. The standard InChI is InChI=1S/C24H25ClN6O2/c1-2-16-13-6-11(13)7-17-19(24(16,17)23(32)33)30-22(18-4-3-5-27-18)31-20(26)15-10-29-21-14(15)8-12(25)9-28-21/h3-5,8-11,13,16-17,19,27H,2,6-7H2,1H3,(H,28,29)(H,32,33)(H2,26,30,31)/t11-,13-,16+,17-,19?,24+/m1/s1. The SMILES string of the molecule is CC[C@H]1[C@@H]2C[C@@H]2C[C@@H]2C(N=C(N=C(N)c3c[nH]c4ncc(Cl)cc34)c3ccc[nH]3)[C@@]21C(=O)O. The maximum atomic E-state index is 12.6. The number of nitrogens with two attached hydrogens (primary N) is 1. The molecule has 0 radical (unpaired) electrons. The van der Waals surface area contributed by atoms with Crippen LogP contribution in [0.4, 0.5) is 0 Å². The second-order valence-electron chi connectivity index (χ2n) is 9.49. The third-order valence-electron chi connectivity index (χ3n) is 7.95. The molecule has 0 spiro atoms. The van der Waals surface area contributed by atoms with E-state index in [9.17, 15) is 9.90 Å². The summed E-state index contributed by atoms with van der Waals surface area (Å²) in [6, 6.07) is 5.23. The van der Waals surface area contributed by atoms with Gasteiger partial charge >= 0.3 is 5.97 Å². The first-order valence-electron chi connectivity index (χ1n) is 11.4. The van der Waals surface area contributed by atoms with Crippen LogP contribution in [0.15, 0.2) is 46.8 Å². The molecule has 3 aromatic heterocycles. The van der Waals surface area contributed by atoms with Gasteiger partial charge in [-0.05, 0) is 48.8 Å². The van der Waals surface area contributed by atoms with Gasteiger partial charge in [-0.15, -0.1) is 0 Å². The lowest BCUT2D eigenvalue weighted by Crippen LogP contribution is -2.33. The molecule has 8 nitrogen and oxygen atoms in total. The summed E-state index contributed by atoms with van der Waals surface area (Å²) in [5.74, 6) is 1.36. The fraction of sp³-hybridized carbons (Fsp3) is 0.417. The van der Waals surface area contributed by atoms with Gasteiger partial charge < -0.3 is 20.8 Å². The largest absolute Gasteiger partial charge is 0.481 e. The summed E-state index contributed by atoms with van der Waals surface area (Å²) >= 11 is 6.13. The first-order valence-corrected chi connectivity index (χ1v) is 11.7. The normalized spacial score (nSPS) is 33.0. The van der Waals surface area contributed by atoms with Gasteiger partial charge in [-0.2, -0.15) is 0 Å². The molecule has 6 atom stereocenters. The van der Waals surface area contributed by atoms with Crippen molar-refractivity contribution in [1.82, 2.24) is 15.0 Å². The maximum Gasteiger partial charge on any atom is 0.312 e. The van der Waals surface area contributed by atoms with E-state index in [0.29, 0.717) is 39.6 Å². The molecular formula is C24H25ClN6O2. The summed E-state index contributed by atoms with van der Waals surface area (Å²) in [6.45, 7) is 2.10. The van der Waals surface area contributed by atoms with Crippen molar-refractivity contribution in [3.63, 3.8) is 0 Å². The quantitative estimate of drug-likeness (QED) is 0.337. The first-order chi connectivity index (χ1) is 15.9. The van der Waals surface area contributed by atoms with E-state index in [1.54, 1.807) is 24.7 Å². The van der Waals surface area contributed by atoms with E-state index < -0.39 is 11.4 Å². The molecule has 3 fully saturated rings. The number of carboxylic acids is 1. The van der Waals surface area contributed by atoms with E-state index in [4.69, 9.17) is 22.3 Å². The Morgan fingerprint density at radius 1 is 1.39 bits per heavy atom. The van der Waals surface area contributed by atoms with Crippen molar-refractivity contribution in [2.24, 2.45) is 44.8 Å². The van der Waals surface area contributed by atoms with Gasteiger partial charge in [0.1, 0.15) is 11.5 Å². The molecule has 1 unspecified atom stereocenters. The predicted molar refractivity (Wildman–Crippen MR) is 126 cm³/mol. The van der Waals surface area contributed by atoms with Gasteiger partial charge in [0.15, 0.2) is 5.84 Å². The van der Waals surface area contributed by atoms with Gasteiger partial charge in [0.05, 0.1) is 22.2 Å². The highest BCUT2D eigenvalue weighted by molar-refractivity contribution is 6.31. The molecular weight excluding hydrogens is 440 g/mol. The van der Waals surface area contributed by atoms with Crippen LogP contribution < -0.4 is 5.73 Å². The van der Waals surface area contributed by atoms with Crippen LogP contribution in [0.1, 0.15) is 37.4 Å². The van der Waals surface area contributed by atoms with Gasteiger partial charge in [0, 0.05) is 35.5 Å². The van der Waals surface area contributed by atoms with E-state index in [-0.39, 0.29) is 23.7 Å². The molecule has 5 N–H and O–H groups in total. The van der Waals surface area contributed by atoms with E-state index in [1.807, 2.05) is 12.1 Å². The number of halogens is 1. The van der Waals surface area contributed by atoms with Crippen LogP contribution in [-0.2, 0) is 4.79 Å². The number of hydrogen-bond donors (Lipinski definition) is 4. The lowest BCUT2D eigenvalue weighted by atomic mass is 9.76. The van der Waals surface area contributed by atoms with Crippen LogP contribution >= 0.6 is 11.6 Å². The smallest absolute Gasteiger partial charge is 0.312 e. The summed E-state index contributed by atoms with van der Waals surface area (Å²) in [6.07, 6.45) is 8.07. The molecule has 3 aliphatic rings. The molecule has 3 aliphatic carbocycles. The number of nitrogens with zero attached hydrogens (tertiary/aromatic N) is 3.